The maximum atomic E-state index is 11.8. The zero-order chi connectivity index (χ0) is 15.2. The molecule has 1 heterocycles. The van der Waals surface area contributed by atoms with Gasteiger partial charge in [0.25, 0.3) is 5.91 Å². The zero-order valence-corrected chi connectivity index (χ0v) is 12.7. The van der Waals surface area contributed by atoms with Crippen LogP contribution >= 0.6 is 0 Å². The molecule has 1 aromatic heterocycles. The average Bonchev–Trinajstić information content (AvgIpc) is 2.85. The molecule has 2 aromatic rings. The summed E-state index contributed by atoms with van der Waals surface area (Å²) in [6.07, 6.45) is 1.95. The van der Waals surface area contributed by atoms with Crippen LogP contribution in [-0.4, -0.2) is 22.7 Å². The van der Waals surface area contributed by atoms with Crippen LogP contribution in [0.3, 0.4) is 0 Å². The van der Waals surface area contributed by atoms with Crippen molar-refractivity contribution in [1.29, 1.82) is 0 Å². The first kappa shape index (κ1) is 15.1. The van der Waals surface area contributed by atoms with Gasteiger partial charge in [0, 0.05) is 11.8 Å². The first-order chi connectivity index (χ1) is 10.1. The Morgan fingerprint density at radius 1 is 1.33 bits per heavy atom. The smallest absolute Gasteiger partial charge is 0.263 e. The molecule has 0 radical (unpaired) electrons. The van der Waals surface area contributed by atoms with Gasteiger partial charge in [-0.15, -0.1) is 0 Å². The second-order valence-electron chi connectivity index (χ2n) is 5.13. The minimum Gasteiger partial charge on any atom is -0.483 e. The minimum atomic E-state index is -0.218. The monoisotopic (exact) mass is 287 g/mol. The third-order valence-corrected chi connectivity index (χ3v) is 3.11. The Labute approximate surface area is 124 Å². The van der Waals surface area contributed by atoms with E-state index in [4.69, 9.17) is 4.74 Å². The fraction of sp³-hybridized carbons (Fsp3) is 0.375. The molecule has 21 heavy (non-hydrogen) atoms. The van der Waals surface area contributed by atoms with E-state index >= 15 is 0 Å². The Bertz CT molecular complexity index is 620. The largest absolute Gasteiger partial charge is 0.483 e. The maximum Gasteiger partial charge on any atom is 0.263 e. The number of aromatic amines is 1. The number of hydrogen-bond donors (Lipinski definition) is 2. The maximum absolute atomic E-state index is 11.8. The summed E-state index contributed by atoms with van der Waals surface area (Å²) in [5.74, 6) is 1.04. The van der Waals surface area contributed by atoms with Gasteiger partial charge in [-0.25, -0.2) is 0 Å². The Morgan fingerprint density at radius 2 is 2.14 bits per heavy atom. The number of H-pyrrole nitrogens is 1. The van der Waals surface area contributed by atoms with Crippen LogP contribution in [0.4, 0.5) is 5.82 Å². The molecule has 0 aliphatic rings. The van der Waals surface area contributed by atoms with Gasteiger partial charge in [-0.3, -0.25) is 9.89 Å². The summed E-state index contributed by atoms with van der Waals surface area (Å²) >= 11 is 0. The van der Waals surface area contributed by atoms with Crippen LogP contribution in [0.25, 0.3) is 0 Å². The highest BCUT2D eigenvalue weighted by Gasteiger charge is 2.08. The van der Waals surface area contributed by atoms with E-state index < -0.39 is 0 Å². The highest BCUT2D eigenvalue weighted by molar-refractivity contribution is 5.91. The number of carbonyl (C=O) groups is 1. The van der Waals surface area contributed by atoms with Crippen molar-refractivity contribution in [3.8, 4) is 5.75 Å². The molecule has 0 fully saturated rings. The van der Waals surface area contributed by atoms with Crippen molar-refractivity contribution in [2.45, 2.75) is 33.6 Å². The van der Waals surface area contributed by atoms with Gasteiger partial charge < -0.3 is 10.1 Å². The van der Waals surface area contributed by atoms with Crippen LogP contribution in [0, 0.1) is 13.8 Å². The lowest BCUT2D eigenvalue weighted by Crippen LogP contribution is -2.20. The van der Waals surface area contributed by atoms with Gasteiger partial charge in [-0.05, 0) is 31.9 Å². The van der Waals surface area contributed by atoms with E-state index in [1.165, 1.54) is 5.56 Å². The number of benzene rings is 1. The molecule has 0 saturated carbocycles. The molecular formula is C16H21N3O2. The Morgan fingerprint density at radius 3 is 2.86 bits per heavy atom. The van der Waals surface area contributed by atoms with Crippen molar-refractivity contribution >= 4 is 11.7 Å². The van der Waals surface area contributed by atoms with Crippen molar-refractivity contribution in [3.05, 3.63) is 41.1 Å². The number of nitrogens with zero attached hydrogens (tertiary/aromatic N) is 1. The predicted octanol–water partition coefficient (Wildman–Crippen LogP) is 3.00. The minimum absolute atomic E-state index is 0.0279. The SMILES string of the molecule is CCCc1cc(NC(=O)COc2ccc(C)cc2C)n[nH]1. The molecule has 0 spiro atoms. The summed E-state index contributed by atoms with van der Waals surface area (Å²) in [5, 5.41) is 9.66. The summed E-state index contributed by atoms with van der Waals surface area (Å²) < 4.78 is 5.53. The van der Waals surface area contributed by atoms with Gasteiger partial charge in [0.15, 0.2) is 12.4 Å². The third kappa shape index (κ3) is 4.34. The van der Waals surface area contributed by atoms with E-state index in [1.54, 1.807) is 0 Å². The highest BCUT2D eigenvalue weighted by atomic mass is 16.5. The van der Waals surface area contributed by atoms with Crippen LogP contribution in [0.2, 0.25) is 0 Å². The van der Waals surface area contributed by atoms with Gasteiger partial charge in [-0.1, -0.05) is 31.0 Å². The van der Waals surface area contributed by atoms with Gasteiger partial charge in [0.05, 0.1) is 0 Å². The molecule has 0 unspecified atom stereocenters. The van der Waals surface area contributed by atoms with Crippen LogP contribution in [-0.2, 0) is 11.2 Å². The normalized spacial score (nSPS) is 10.4. The number of nitrogens with one attached hydrogen (secondary N) is 2. The molecule has 0 atom stereocenters. The number of anilines is 1. The van der Waals surface area contributed by atoms with Crippen LogP contribution in [0.5, 0.6) is 5.75 Å². The molecule has 112 valence electrons. The molecule has 0 bridgehead atoms. The van der Waals surface area contributed by atoms with Gasteiger partial charge in [-0.2, -0.15) is 5.10 Å². The molecule has 0 aliphatic heterocycles. The van der Waals surface area contributed by atoms with Gasteiger partial charge >= 0.3 is 0 Å². The molecule has 0 aliphatic carbocycles. The van der Waals surface area contributed by atoms with E-state index in [0.717, 1.165) is 29.8 Å². The fourth-order valence-corrected chi connectivity index (χ4v) is 2.11. The van der Waals surface area contributed by atoms with Crippen LogP contribution < -0.4 is 10.1 Å². The lowest BCUT2D eigenvalue weighted by atomic mass is 10.1. The number of rotatable bonds is 6. The standard InChI is InChI=1S/C16H21N3O2/c1-4-5-13-9-15(19-18-13)17-16(20)10-21-14-7-6-11(2)8-12(14)3/h6-9H,4-5,10H2,1-3H3,(H2,17,18,19,20). The quantitative estimate of drug-likeness (QED) is 0.858. The van der Waals surface area contributed by atoms with E-state index in [1.807, 2.05) is 38.1 Å². The number of aryl methyl sites for hydroxylation is 3. The van der Waals surface area contributed by atoms with Crippen molar-refractivity contribution in [3.63, 3.8) is 0 Å². The van der Waals surface area contributed by atoms with E-state index in [-0.39, 0.29) is 12.5 Å². The Hall–Kier alpha value is -2.30. The first-order valence-corrected chi connectivity index (χ1v) is 7.12. The average molecular weight is 287 g/mol. The highest BCUT2D eigenvalue weighted by Crippen LogP contribution is 2.18. The molecule has 2 rings (SSSR count). The lowest BCUT2D eigenvalue weighted by Gasteiger charge is -2.09. The zero-order valence-electron chi connectivity index (χ0n) is 12.7. The van der Waals surface area contributed by atoms with Crippen molar-refractivity contribution in [2.24, 2.45) is 0 Å². The third-order valence-electron chi connectivity index (χ3n) is 3.11. The van der Waals surface area contributed by atoms with Crippen molar-refractivity contribution < 1.29 is 9.53 Å². The van der Waals surface area contributed by atoms with Crippen molar-refractivity contribution in [1.82, 2.24) is 10.2 Å². The summed E-state index contributed by atoms with van der Waals surface area (Å²) in [5.41, 5.74) is 3.21. The van der Waals surface area contributed by atoms with Gasteiger partial charge in [0.1, 0.15) is 5.75 Å². The fourth-order valence-electron chi connectivity index (χ4n) is 2.11. The number of carbonyl (C=O) groups excluding carboxylic acids is 1. The number of ether oxygens (including phenoxy) is 1. The lowest BCUT2D eigenvalue weighted by molar-refractivity contribution is -0.118. The van der Waals surface area contributed by atoms with Crippen LogP contribution in [0.1, 0.15) is 30.2 Å². The molecule has 1 aromatic carbocycles. The number of hydrogen-bond acceptors (Lipinski definition) is 3. The molecule has 5 nitrogen and oxygen atoms in total. The molecule has 1 amide bonds. The summed E-state index contributed by atoms with van der Waals surface area (Å²) in [6.45, 7) is 6.05. The molecule has 2 N–H and O–H groups in total. The van der Waals surface area contributed by atoms with E-state index in [9.17, 15) is 4.79 Å². The summed E-state index contributed by atoms with van der Waals surface area (Å²) in [4.78, 5) is 11.8. The first-order valence-electron chi connectivity index (χ1n) is 7.12. The number of aromatic nitrogens is 2. The summed E-state index contributed by atoms with van der Waals surface area (Å²) in [6, 6.07) is 7.72. The second-order valence-corrected chi connectivity index (χ2v) is 5.13. The Balaban J connectivity index is 1.86. The van der Waals surface area contributed by atoms with Crippen LogP contribution in [0.15, 0.2) is 24.3 Å². The number of amides is 1. The topological polar surface area (TPSA) is 67.0 Å². The predicted molar refractivity (Wildman–Crippen MR) is 82.6 cm³/mol. The van der Waals surface area contributed by atoms with Gasteiger partial charge in [0.2, 0.25) is 0 Å². The van der Waals surface area contributed by atoms with Crippen molar-refractivity contribution in [2.75, 3.05) is 11.9 Å². The Kier molecular flexibility index (Phi) is 4.98. The van der Waals surface area contributed by atoms with E-state index in [2.05, 4.69) is 22.4 Å². The second kappa shape index (κ2) is 6.92. The molecular weight excluding hydrogens is 266 g/mol. The molecule has 5 heteroatoms. The summed E-state index contributed by atoms with van der Waals surface area (Å²) in [7, 11) is 0. The van der Waals surface area contributed by atoms with E-state index in [0.29, 0.717) is 5.82 Å². The molecule has 0 saturated heterocycles.